The number of aliphatic imine (C=N–C) groups is 1. The zero-order valence-electron chi connectivity index (χ0n) is 13.9. The Morgan fingerprint density at radius 1 is 1.24 bits per heavy atom. The van der Waals surface area contributed by atoms with E-state index in [1.54, 1.807) is 19.2 Å². The van der Waals surface area contributed by atoms with Crippen LogP contribution in [0, 0.1) is 0 Å². The van der Waals surface area contributed by atoms with Gasteiger partial charge in [-0.25, -0.2) is 10.0 Å². The molecule has 0 radical (unpaired) electrons. The average molecular weight is 339 g/mol. The van der Waals surface area contributed by atoms with E-state index in [1.807, 2.05) is 36.4 Å². The fourth-order valence-corrected chi connectivity index (χ4v) is 2.79. The van der Waals surface area contributed by atoms with Crippen LogP contribution in [0.5, 0.6) is 0 Å². The molecule has 0 fully saturated rings. The first kappa shape index (κ1) is 16.8. The van der Waals surface area contributed by atoms with Crippen LogP contribution in [-0.2, 0) is 9.53 Å². The fourth-order valence-electron chi connectivity index (χ4n) is 2.79. The molecule has 0 spiro atoms. The predicted octanol–water partition coefficient (Wildman–Crippen LogP) is 1.20. The van der Waals surface area contributed by atoms with E-state index in [0.717, 1.165) is 5.48 Å². The van der Waals surface area contributed by atoms with Gasteiger partial charge in [0.2, 0.25) is 0 Å². The number of ether oxygens (including phenoxy) is 1. The first-order chi connectivity index (χ1) is 12.2. The van der Waals surface area contributed by atoms with Crippen LogP contribution in [0.3, 0.4) is 0 Å². The van der Waals surface area contributed by atoms with Crippen molar-refractivity contribution in [1.29, 1.82) is 0 Å². The van der Waals surface area contributed by atoms with Gasteiger partial charge in [-0.2, -0.15) is 5.48 Å². The highest BCUT2D eigenvalue weighted by Crippen LogP contribution is 2.34. The monoisotopic (exact) mass is 339 g/mol. The van der Waals surface area contributed by atoms with Crippen molar-refractivity contribution in [2.45, 2.75) is 13.0 Å². The number of allylic oxidation sites excluding steroid dienone is 1. The molecule has 2 heterocycles. The van der Waals surface area contributed by atoms with E-state index in [4.69, 9.17) is 4.74 Å². The van der Waals surface area contributed by atoms with Crippen molar-refractivity contribution < 1.29 is 20.2 Å². The van der Waals surface area contributed by atoms with Crippen LogP contribution in [0.25, 0.3) is 0 Å². The molecular weight excluding hydrogens is 320 g/mol. The summed E-state index contributed by atoms with van der Waals surface area (Å²) in [4.78, 5) is 21.3. The number of methoxy groups -OCH3 is 1. The normalized spacial score (nSPS) is 16.9. The number of hydrogen-bond acceptors (Lipinski definition) is 6. The second-order valence-electron chi connectivity index (χ2n) is 5.51. The highest BCUT2D eigenvalue weighted by atomic mass is 16.5. The second kappa shape index (κ2) is 7.25. The van der Waals surface area contributed by atoms with Crippen LogP contribution in [0.4, 0.5) is 5.69 Å². The van der Waals surface area contributed by atoms with Crippen molar-refractivity contribution in [2.24, 2.45) is 4.99 Å². The number of carbonyl (C=O) groups is 1. The van der Waals surface area contributed by atoms with Gasteiger partial charge in [-0.1, -0.05) is 24.3 Å². The average Bonchev–Trinajstić information content (AvgIpc) is 2.67. The number of hydrogen-bond donors (Lipinski definition) is 3. The Hall–Kier alpha value is -3.03. The van der Waals surface area contributed by atoms with Crippen LogP contribution in [0.15, 0.2) is 64.9 Å². The molecule has 4 N–H and O–H groups in total. The van der Waals surface area contributed by atoms with Gasteiger partial charge in [0.1, 0.15) is 11.7 Å². The molecule has 7 heteroatoms. The summed E-state index contributed by atoms with van der Waals surface area (Å²) < 4.78 is 4.93. The standard InChI is InChI=1S/C18H18N4O3/c1-11-15(18(23)25-2)16(12-7-3-4-8-13(12)22-24)21-17(20-11)14-9-5-6-10-19-14/h3-10,16,22,24H,1-2H3,(H,20,21)/p+1. The number of para-hydroxylation sites is 1. The minimum Gasteiger partial charge on any atom is -0.466 e. The van der Waals surface area contributed by atoms with E-state index in [-0.39, 0.29) is 0 Å². The third-order valence-corrected chi connectivity index (χ3v) is 3.98. The summed E-state index contributed by atoms with van der Waals surface area (Å²) in [6, 6.07) is 12.2. The molecule has 1 aliphatic heterocycles. The maximum Gasteiger partial charge on any atom is 0.338 e. The quantitative estimate of drug-likeness (QED) is 0.441. The van der Waals surface area contributed by atoms with Gasteiger partial charge in [0.05, 0.1) is 12.7 Å². The van der Waals surface area contributed by atoms with Gasteiger partial charge < -0.3 is 10.1 Å². The van der Waals surface area contributed by atoms with Crippen molar-refractivity contribution in [3.63, 3.8) is 0 Å². The number of rotatable bonds is 4. The Labute approximate surface area is 145 Å². The van der Waals surface area contributed by atoms with Gasteiger partial charge in [-0.05, 0) is 19.1 Å². The Kier molecular flexibility index (Phi) is 4.87. The lowest BCUT2D eigenvalue weighted by atomic mass is 9.94. The van der Waals surface area contributed by atoms with Crippen LogP contribution in [-0.4, -0.2) is 29.1 Å². The second-order valence-corrected chi connectivity index (χ2v) is 5.51. The number of aromatic nitrogens is 1. The first-order valence-electron chi connectivity index (χ1n) is 7.77. The van der Waals surface area contributed by atoms with E-state index in [2.05, 4.69) is 15.3 Å². The van der Waals surface area contributed by atoms with Crippen LogP contribution >= 0.6 is 0 Å². The SMILES string of the molecule is COC(=O)C1=C(C)NC(c2ccccn2)=NC1c1ccccc1[NH2+]O. The lowest BCUT2D eigenvalue weighted by molar-refractivity contribution is -0.826. The highest BCUT2D eigenvalue weighted by Gasteiger charge is 2.32. The van der Waals surface area contributed by atoms with Gasteiger partial charge in [0.15, 0.2) is 11.5 Å². The molecule has 0 amide bonds. The zero-order valence-corrected chi connectivity index (χ0v) is 13.9. The lowest BCUT2D eigenvalue weighted by Gasteiger charge is -2.25. The topological polar surface area (TPSA) is 100 Å². The fraction of sp³-hybridized carbons (Fsp3) is 0.167. The maximum atomic E-state index is 12.3. The summed E-state index contributed by atoms with van der Waals surface area (Å²) in [7, 11) is 1.34. The minimum absolute atomic E-state index is 0.400. The van der Waals surface area contributed by atoms with Crippen molar-refractivity contribution in [3.05, 3.63) is 71.2 Å². The number of carbonyl (C=O) groups excluding carboxylic acids is 1. The molecular formula is C18H19N4O3+. The van der Waals surface area contributed by atoms with Gasteiger partial charge >= 0.3 is 5.97 Å². The molecule has 0 bridgehead atoms. The van der Waals surface area contributed by atoms with E-state index in [0.29, 0.717) is 34.1 Å². The summed E-state index contributed by atoms with van der Waals surface area (Å²) in [6.45, 7) is 1.79. The van der Waals surface area contributed by atoms with Crippen LogP contribution in [0.2, 0.25) is 0 Å². The predicted molar refractivity (Wildman–Crippen MR) is 91.2 cm³/mol. The van der Waals surface area contributed by atoms with Crippen molar-refractivity contribution in [2.75, 3.05) is 7.11 Å². The molecule has 1 unspecified atom stereocenters. The van der Waals surface area contributed by atoms with E-state index < -0.39 is 12.0 Å². The summed E-state index contributed by atoms with van der Waals surface area (Å²) >= 11 is 0. The molecule has 1 aliphatic rings. The van der Waals surface area contributed by atoms with E-state index in [9.17, 15) is 10.0 Å². The number of pyridine rings is 1. The first-order valence-corrected chi connectivity index (χ1v) is 7.77. The number of nitrogens with one attached hydrogen (secondary N) is 1. The molecule has 1 atom stereocenters. The molecule has 25 heavy (non-hydrogen) atoms. The Morgan fingerprint density at radius 3 is 2.68 bits per heavy atom. The smallest absolute Gasteiger partial charge is 0.338 e. The number of nitrogens with two attached hydrogens (primary N) is 1. The molecule has 128 valence electrons. The molecule has 0 saturated heterocycles. The van der Waals surface area contributed by atoms with Crippen molar-refractivity contribution in [3.8, 4) is 0 Å². The van der Waals surface area contributed by atoms with Gasteiger partial charge in [0, 0.05) is 23.5 Å². The number of nitrogens with zero attached hydrogens (tertiary/aromatic N) is 2. The molecule has 1 aromatic heterocycles. The molecule has 1 aromatic carbocycles. The van der Waals surface area contributed by atoms with Crippen LogP contribution < -0.4 is 10.8 Å². The number of amidine groups is 1. The molecule has 7 nitrogen and oxygen atoms in total. The summed E-state index contributed by atoms with van der Waals surface area (Å²) in [5.41, 5.74) is 4.02. The van der Waals surface area contributed by atoms with Gasteiger partial charge in [0.25, 0.3) is 0 Å². The number of benzene rings is 1. The molecule has 2 aromatic rings. The maximum absolute atomic E-state index is 12.3. The summed E-state index contributed by atoms with van der Waals surface area (Å²) in [5.74, 6) is 0.0926. The molecule has 0 saturated carbocycles. The Balaban J connectivity index is 2.15. The third-order valence-electron chi connectivity index (χ3n) is 3.98. The van der Waals surface area contributed by atoms with Gasteiger partial charge in [-0.15, -0.1) is 0 Å². The largest absolute Gasteiger partial charge is 0.466 e. The van der Waals surface area contributed by atoms with Crippen LogP contribution in [0.1, 0.15) is 24.2 Å². The number of esters is 1. The third kappa shape index (κ3) is 3.28. The summed E-state index contributed by atoms with van der Waals surface area (Å²) in [6.07, 6.45) is 1.68. The number of quaternary nitrogens is 1. The Morgan fingerprint density at radius 2 is 2.00 bits per heavy atom. The Bertz CT molecular complexity index is 846. The molecule has 0 aliphatic carbocycles. The van der Waals surface area contributed by atoms with E-state index in [1.165, 1.54) is 7.11 Å². The van der Waals surface area contributed by atoms with Gasteiger partial charge in [-0.3, -0.25) is 9.98 Å². The highest BCUT2D eigenvalue weighted by molar-refractivity contribution is 6.02. The van der Waals surface area contributed by atoms with E-state index >= 15 is 0 Å². The summed E-state index contributed by atoms with van der Waals surface area (Å²) in [5, 5.41) is 12.7. The van der Waals surface area contributed by atoms with Crippen molar-refractivity contribution >= 4 is 17.5 Å². The minimum atomic E-state index is -0.606. The lowest BCUT2D eigenvalue weighted by Crippen LogP contribution is -2.74. The van der Waals surface area contributed by atoms with Crippen molar-refractivity contribution in [1.82, 2.24) is 10.3 Å². The zero-order chi connectivity index (χ0) is 17.8. The molecule has 3 rings (SSSR count).